The highest BCUT2D eigenvalue weighted by molar-refractivity contribution is 8.00. The molecule has 0 saturated heterocycles. The van der Waals surface area contributed by atoms with Gasteiger partial charge >= 0.3 is 11.5 Å². The number of rotatable bonds is 3. The Hall–Kier alpha value is -1.88. The first-order chi connectivity index (χ1) is 8.78. The van der Waals surface area contributed by atoms with E-state index in [1.165, 1.54) is 6.92 Å². The minimum Gasteiger partial charge on any atom is -0.507 e. The van der Waals surface area contributed by atoms with Gasteiger partial charge in [-0.2, -0.15) is 18.4 Å². The second-order valence-electron chi connectivity index (χ2n) is 3.25. The summed E-state index contributed by atoms with van der Waals surface area (Å²) in [6.45, 7) is 1.54. The van der Waals surface area contributed by atoms with Gasteiger partial charge in [-0.25, -0.2) is 4.79 Å². The number of nitriles is 1. The zero-order valence-corrected chi connectivity index (χ0v) is 10.4. The summed E-state index contributed by atoms with van der Waals surface area (Å²) in [4.78, 5) is 11.1. The fourth-order valence-electron chi connectivity index (χ4n) is 1.30. The van der Waals surface area contributed by atoms with Crippen LogP contribution >= 0.6 is 11.8 Å². The van der Waals surface area contributed by atoms with Gasteiger partial charge in [-0.3, -0.25) is 0 Å². The number of halogens is 3. The van der Waals surface area contributed by atoms with Crippen LogP contribution in [0.5, 0.6) is 5.75 Å². The molecule has 102 valence electrons. The zero-order valence-electron chi connectivity index (χ0n) is 9.61. The first-order valence-electron chi connectivity index (χ1n) is 4.98. The molecule has 0 amide bonds. The maximum Gasteiger partial charge on any atom is 0.446 e. The maximum atomic E-state index is 12.2. The van der Waals surface area contributed by atoms with E-state index in [-0.39, 0.29) is 17.1 Å². The lowest BCUT2D eigenvalue weighted by Gasteiger charge is -2.10. The van der Waals surface area contributed by atoms with Crippen molar-refractivity contribution in [3.63, 3.8) is 0 Å². The zero-order chi connectivity index (χ0) is 14.6. The molecule has 1 rings (SSSR count). The maximum absolute atomic E-state index is 12.2. The van der Waals surface area contributed by atoms with Crippen molar-refractivity contribution < 1.29 is 27.8 Å². The predicted octanol–water partition coefficient (Wildman–Crippen LogP) is 3.05. The lowest BCUT2D eigenvalue weighted by Crippen LogP contribution is -2.08. The highest BCUT2D eigenvalue weighted by Crippen LogP contribution is 2.39. The van der Waals surface area contributed by atoms with E-state index in [9.17, 15) is 23.1 Å². The average molecular weight is 291 g/mol. The Morgan fingerprint density at radius 3 is 2.63 bits per heavy atom. The molecule has 0 aliphatic heterocycles. The van der Waals surface area contributed by atoms with Crippen LogP contribution in [-0.4, -0.2) is 23.2 Å². The van der Waals surface area contributed by atoms with E-state index in [0.717, 1.165) is 12.1 Å². The molecule has 0 spiro atoms. The minimum absolute atomic E-state index is 0.0161. The van der Waals surface area contributed by atoms with Gasteiger partial charge in [0, 0.05) is 4.90 Å². The molecule has 0 radical (unpaired) electrons. The minimum atomic E-state index is -4.55. The summed E-state index contributed by atoms with van der Waals surface area (Å²) in [6.07, 6.45) is 0. The average Bonchev–Trinajstić information content (AvgIpc) is 2.25. The van der Waals surface area contributed by atoms with Crippen molar-refractivity contribution in [3.05, 3.63) is 23.3 Å². The van der Waals surface area contributed by atoms with Gasteiger partial charge in [0.25, 0.3) is 0 Å². The third-order valence-electron chi connectivity index (χ3n) is 1.92. The largest absolute Gasteiger partial charge is 0.507 e. The number of hydrogen-bond donors (Lipinski definition) is 1. The third-order valence-corrected chi connectivity index (χ3v) is 2.63. The van der Waals surface area contributed by atoms with E-state index in [2.05, 4.69) is 4.74 Å². The Morgan fingerprint density at radius 2 is 2.16 bits per heavy atom. The van der Waals surface area contributed by atoms with Crippen LogP contribution in [0.15, 0.2) is 17.0 Å². The molecule has 0 bridgehead atoms. The van der Waals surface area contributed by atoms with E-state index in [4.69, 9.17) is 5.26 Å². The van der Waals surface area contributed by atoms with Gasteiger partial charge in [-0.15, -0.1) is 0 Å². The van der Waals surface area contributed by atoms with E-state index < -0.39 is 34.6 Å². The van der Waals surface area contributed by atoms with Crippen LogP contribution in [0.25, 0.3) is 0 Å². The number of esters is 1. The molecule has 4 nitrogen and oxygen atoms in total. The third kappa shape index (κ3) is 4.06. The lowest BCUT2D eigenvalue weighted by atomic mass is 10.1. The van der Waals surface area contributed by atoms with Gasteiger partial charge in [0.1, 0.15) is 17.4 Å². The van der Waals surface area contributed by atoms with Gasteiger partial charge in [0.05, 0.1) is 12.2 Å². The Bertz CT molecular complexity index is 537. The quantitative estimate of drug-likeness (QED) is 0.684. The second kappa shape index (κ2) is 5.84. The lowest BCUT2D eigenvalue weighted by molar-refractivity contribution is -0.0328. The molecule has 0 unspecified atom stereocenters. The summed E-state index contributed by atoms with van der Waals surface area (Å²) < 4.78 is 41.2. The van der Waals surface area contributed by atoms with E-state index in [1.54, 1.807) is 6.07 Å². The summed E-state index contributed by atoms with van der Waals surface area (Å²) in [5, 5.41) is 18.4. The van der Waals surface area contributed by atoms with Crippen LogP contribution < -0.4 is 0 Å². The van der Waals surface area contributed by atoms with Gasteiger partial charge in [0.15, 0.2) is 0 Å². The highest BCUT2D eigenvalue weighted by atomic mass is 32.2. The number of hydrogen-bond acceptors (Lipinski definition) is 5. The molecule has 0 aromatic heterocycles. The van der Waals surface area contributed by atoms with Gasteiger partial charge in [-0.05, 0) is 30.8 Å². The summed E-state index contributed by atoms with van der Waals surface area (Å²) in [7, 11) is 0. The summed E-state index contributed by atoms with van der Waals surface area (Å²) in [5.41, 5.74) is -5.36. The van der Waals surface area contributed by atoms with Crippen LogP contribution in [0, 0.1) is 11.3 Å². The molecular formula is C11H8F3NO3S. The molecule has 0 saturated carbocycles. The smallest absolute Gasteiger partial charge is 0.446 e. The van der Waals surface area contributed by atoms with Crippen LogP contribution in [-0.2, 0) is 4.74 Å². The first-order valence-corrected chi connectivity index (χ1v) is 5.80. The molecule has 0 aliphatic rings. The van der Waals surface area contributed by atoms with Crippen molar-refractivity contribution >= 4 is 17.7 Å². The Morgan fingerprint density at radius 1 is 1.53 bits per heavy atom. The Kier molecular flexibility index (Phi) is 4.67. The number of phenols is 1. The number of carbonyl (C=O) groups is 1. The topological polar surface area (TPSA) is 70.3 Å². The Balaban J connectivity index is 3.23. The first kappa shape index (κ1) is 15.2. The molecule has 0 fully saturated rings. The molecule has 1 aromatic rings. The monoisotopic (exact) mass is 291 g/mol. The van der Waals surface area contributed by atoms with E-state index in [0.29, 0.717) is 0 Å². The summed E-state index contributed by atoms with van der Waals surface area (Å²) >= 11 is -0.485. The second-order valence-corrected chi connectivity index (χ2v) is 4.38. The number of aromatic hydroxyl groups is 1. The van der Waals surface area contributed by atoms with Gasteiger partial charge in [-0.1, -0.05) is 0 Å². The predicted molar refractivity (Wildman–Crippen MR) is 60.7 cm³/mol. The van der Waals surface area contributed by atoms with Gasteiger partial charge in [0.2, 0.25) is 0 Å². The van der Waals surface area contributed by atoms with Crippen LogP contribution in [0.2, 0.25) is 0 Å². The number of thioether (sulfide) groups is 1. The molecule has 0 aliphatic carbocycles. The molecule has 1 N–H and O–H groups in total. The molecule has 19 heavy (non-hydrogen) atoms. The Labute approximate surface area is 110 Å². The number of benzene rings is 1. The molecule has 8 heteroatoms. The number of nitrogens with zero attached hydrogens (tertiary/aromatic N) is 1. The number of alkyl halides is 3. The van der Waals surface area contributed by atoms with Crippen molar-refractivity contribution in [2.24, 2.45) is 0 Å². The molecule has 0 heterocycles. The summed E-state index contributed by atoms with van der Waals surface area (Å²) in [6, 6.07) is 3.21. The van der Waals surface area contributed by atoms with Gasteiger partial charge < -0.3 is 9.84 Å². The molecular weight excluding hydrogens is 283 g/mol. The number of ether oxygens (including phenoxy) is 1. The molecule has 1 aromatic carbocycles. The van der Waals surface area contributed by atoms with Crippen LogP contribution in [0.3, 0.4) is 0 Å². The van der Waals surface area contributed by atoms with Crippen molar-refractivity contribution in [2.75, 3.05) is 6.61 Å². The highest BCUT2D eigenvalue weighted by Gasteiger charge is 2.30. The number of phenolic OH excluding ortho intramolecular Hbond substituents is 1. The van der Waals surface area contributed by atoms with Crippen LogP contribution in [0.4, 0.5) is 13.2 Å². The van der Waals surface area contributed by atoms with Crippen LogP contribution in [0.1, 0.15) is 22.8 Å². The van der Waals surface area contributed by atoms with E-state index >= 15 is 0 Å². The number of carbonyl (C=O) groups excluding carboxylic acids is 1. The SMILES string of the molecule is CCOC(=O)c1c(O)cc(SC(F)(F)F)cc1C#N. The summed E-state index contributed by atoms with van der Waals surface area (Å²) in [5.74, 6) is -1.68. The van der Waals surface area contributed by atoms with Crippen molar-refractivity contribution in [1.82, 2.24) is 0 Å². The standard InChI is InChI=1S/C11H8F3NO3S/c1-2-18-10(17)9-6(5-15)3-7(4-8(9)16)19-11(12,13)14/h3-4,16H,2H2,1H3. The van der Waals surface area contributed by atoms with Crippen molar-refractivity contribution in [1.29, 1.82) is 5.26 Å². The molecule has 0 atom stereocenters. The van der Waals surface area contributed by atoms with Crippen molar-refractivity contribution in [2.45, 2.75) is 17.3 Å². The fraction of sp³-hybridized carbons (Fsp3) is 0.273. The van der Waals surface area contributed by atoms with Crippen molar-refractivity contribution in [3.8, 4) is 11.8 Å². The fourth-order valence-corrected chi connectivity index (χ4v) is 1.91. The van der Waals surface area contributed by atoms with E-state index in [1.807, 2.05) is 0 Å². The normalized spacial score (nSPS) is 10.9.